The van der Waals surface area contributed by atoms with E-state index in [4.69, 9.17) is 10.5 Å². The zero-order valence-electron chi connectivity index (χ0n) is 12.6. The largest absolute Gasteiger partial charge is 0.383 e. The smallest absolute Gasteiger partial charge is 0.135 e. The first-order valence-corrected chi connectivity index (χ1v) is 7.25. The number of morpholine rings is 1. The molecule has 2 heterocycles. The van der Waals surface area contributed by atoms with Crippen LogP contribution in [0, 0.1) is 0 Å². The van der Waals surface area contributed by atoms with Crippen LogP contribution < -0.4 is 11.1 Å². The highest BCUT2D eigenvalue weighted by Gasteiger charge is 2.17. The van der Waals surface area contributed by atoms with Crippen LogP contribution in [0.4, 0.5) is 11.6 Å². The summed E-state index contributed by atoms with van der Waals surface area (Å²) in [7, 11) is 0. The molecule has 1 aliphatic heterocycles. The minimum Gasteiger partial charge on any atom is -0.383 e. The number of nitrogen functional groups attached to an aromatic ring is 1. The third-order valence-electron chi connectivity index (χ3n) is 3.51. The quantitative estimate of drug-likeness (QED) is 0.846. The maximum Gasteiger partial charge on any atom is 0.135 e. The van der Waals surface area contributed by atoms with Gasteiger partial charge in [-0.2, -0.15) is 0 Å². The molecule has 112 valence electrons. The van der Waals surface area contributed by atoms with Gasteiger partial charge in [-0.1, -0.05) is 13.8 Å². The first-order valence-electron chi connectivity index (χ1n) is 7.25. The Balaban J connectivity index is 2.00. The maximum atomic E-state index is 5.96. The number of rotatable bonds is 5. The highest BCUT2D eigenvalue weighted by Crippen LogP contribution is 2.26. The van der Waals surface area contributed by atoms with Gasteiger partial charge in [-0.15, -0.1) is 0 Å². The van der Waals surface area contributed by atoms with Gasteiger partial charge in [0.2, 0.25) is 0 Å². The third kappa shape index (κ3) is 3.80. The fourth-order valence-electron chi connectivity index (χ4n) is 2.54. The van der Waals surface area contributed by atoms with E-state index >= 15 is 0 Å². The molecular formula is C14H25N5O. The van der Waals surface area contributed by atoms with Gasteiger partial charge in [-0.25, -0.2) is 9.97 Å². The van der Waals surface area contributed by atoms with E-state index in [1.807, 2.05) is 0 Å². The molecule has 0 bridgehead atoms. The first kappa shape index (κ1) is 15.0. The Morgan fingerprint density at radius 1 is 1.30 bits per heavy atom. The summed E-state index contributed by atoms with van der Waals surface area (Å²) in [5.41, 5.74) is 6.97. The summed E-state index contributed by atoms with van der Waals surface area (Å²) in [6.07, 6.45) is 1.52. The van der Waals surface area contributed by atoms with E-state index in [2.05, 4.69) is 41.0 Å². The summed E-state index contributed by atoms with van der Waals surface area (Å²) >= 11 is 0. The fraction of sp³-hybridized carbons (Fsp3) is 0.714. The van der Waals surface area contributed by atoms with Crippen LogP contribution in [-0.2, 0) is 4.74 Å². The molecule has 1 aliphatic rings. The predicted octanol–water partition coefficient (Wildman–Crippen LogP) is 1.31. The lowest BCUT2D eigenvalue weighted by Crippen LogP contribution is -2.42. The molecular weight excluding hydrogens is 254 g/mol. The molecule has 0 amide bonds. The Morgan fingerprint density at radius 3 is 2.65 bits per heavy atom. The topological polar surface area (TPSA) is 76.3 Å². The summed E-state index contributed by atoms with van der Waals surface area (Å²) in [6, 6.07) is 0.305. The lowest BCUT2D eigenvalue weighted by molar-refractivity contribution is 0.0368. The van der Waals surface area contributed by atoms with Crippen LogP contribution in [0.1, 0.15) is 32.3 Å². The fourth-order valence-corrected chi connectivity index (χ4v) is 2.54. The lowest BCUT2D eigenvalue weighted by Gasteiger charge is -2.30. The standard InChI is InChI=1S/C14H25N5O/c1-10(2)12-13(15)16-9-17-14(12)18-11(3)8-19-4-6-20-7-5-19/h9-11H,4-8H2,1-3H3,(H3,15,16,17,18). The molecule has 6 heteroatoms. The molecule has 3 N–H and O–H groups in total. The van der Waals surface area contributed by atoms with Crippen molar-refractivity contribution in [1.82, 2.24) is 14.9 Å². The lowest BCUT2D eigenvalue weighted by atomic mass is 10.0. The van der Waals surface area contributed by atoms with Gasteiger partial charge in [-0.05, 0) is 12.8 Å². The van der Waals surface area contributed by atoms with Crippen molar-refractivity contribution in [2.45, 2.75) is 32.7 Å². The van der Waals surface area contributed by atoms with Gasteiger partial charge in [0.1, 0.15) is 18.0 Å². The first-order chi connectivity index (χ1) is 9.58. The number of hydrogen-bond donors (Lipinski definition) is 2. The molecule has 1 atom stereocenters. The number of nitrogens with two attached hydrogens (primary N) is 1. The summed E-state index contributed by atoms with van der Waals surface area (Å²) < 4.78 is 5.37. The molecule has 0 aliphatic carbocycles. The van der Waals surface area contributed by atoms with E-state index in [9.17, 15) is 0 Å². The molecule has 1 aromatic rings. The van der Waals surface area contributed by atoms with Gasteiger partial charge in [0, 0.05) is 31.2 Å². The Morgan fingerprint density at radius 2 is 2.00 bits per heavy atom. The van der Waals surface area contributed by atoms with Gasteiger partial charge in [0.25, 0.3) is 0 Å². The Bertz CT molecular complexity index is 432. The van der Waals surface area contributed by atoms with E-state index in [1.54, 1.807) is 0 Å². The van der Waals surface area contributed by atoms with Crippen molar-refractivity contribution in [1.29, 1.82) is 0 Å². The van der Waals surface area contributed by atoms with Crippen LogP contribution in [0.15, 0.2) is 6.33 Å². The van der Waals surface area contributed by atoms with Crippen molar-refractivity contribution in [2.75, 3.05) is 43.9 Å². The number of hydrogen-bond acceptors (Lipinski definition) is 6. The van der Waals surface area contributed by atoms with Crippen LogP contribution in [-0.4, -0.2) is 53.8 Å². The van der Waals surface area contributed by atoms with Crippen molar-refractivity contribution in [3.8, 4) is 0 Å². The van der Waals surface area contributed by atoms with Crippen LogP contribution in [0.25, 0.3) is 0 Å². The molecule has 1 saturated heterocycles. The van der Waals surface area contributed by atoms with Crippen molar-refractivity contribution >= 4 is 11.6 Å². The maximum absolute atomic E-state index is 5.96. The SMILES string of the molecule is CC(CN1CCOCC1)Nc1ncnc(N)c1C(C)C. The molecule has 0 spiro atoms. The Kier molecular flexibility index (Phi) is 5.14. The van der Waals surface area contributed by atoms with Gasteiger partial charge >= 0.3 is 0 Å². The Labute approximate surface area is 120 Å². The van der Waals surface area contributed by atoms with E-state index in [0.29, 0.717) is 17.8 Å². The van der Waals surface area contributed by atoms with E-state index < -0.39 is 0 Å². The number of nitrogens with zero attached hydrogens (tertiary/aromatic N) is 3. The second kappa shape index (κ2) is 6.85. The van der Waals surface area contributed by atoms with Gasteiger partial charge in [-0.3, -0.25) is 4.90 Å². The number of ether oxygens (including phenoxy) is 1. The molecule has 2 rings (SSSR count). The highest BCUT2D eigenvalue weighted by molar-refractivity contribution is 5.56. The molecule has 1 fully saturated rings. The normalized spacial score (nSPS) is 18.2. The molecule has 0 radical (unpaired) electrons. The monoisotopic (exact) mass is 279 g/mol. The average Bonchev–Trinajstić information content (AvgIpc) is 2.39. The Hall–Kier alpha value is -1.40. The number of aromatic nitrogens is 2. The van der Waals surface area contributed by atoms with Crippen molar-refractivity contribution in [3.63, 3.8) is 0 Å². The van der Waals surface area contributed by atoms with Crippen molar-refractivity contribution < 1.29 is 4.74 Å². The predicted molar refractivity (Wildman–Crippen MR) is 80.9 cm³/mol. The summed E-state index contributed by atoms with van der Waals surface area (Å²) in [5, 5.41) is 3.47. The number of nitrogens with one attached hydrogen (secondary N) is 1. The van der Waals surface area contributed by atoms with Gasteiger partial charge < -0.3 is 15.8 Å². The van der Waals surface area contributed by atoms with Crippen LogP contribution in [0.2, 0.25) is 0 Å². The van der Waals surface area contributed by atoms with Crippen LogP contribution in [0.3, 0.4) is 0 Å². The zero-order chi connectivity index (χ0) is 14.5. The van der Waals surface area contributed by atoms with Crippen molar-refractivity contribution in [2.24, 2.45) is 0 Å². The van der Waals surface area contributed by atoms with Crippen LogP contribution >= 0.6 is 0 Å². The molecule has 0 saturated carbocycles. The molecule has 6 nitrogen and oxygen atoms in total. The van der Waals surface area contributed by atoms with Crippen molar-refractivity contribution in [3.05, 3.63) is 11.9 Å². The summed E-state index contributed by atoms with van der Waals surface area (Å²) in [5.74, 6) is 1.72. The van der Waals surface area contributed by atoms with E-state index in [1.165, 1.54) is 6.33 Å². The molecule has 1 aromatic heterocycles. The number of anilines is 2. The average molecular weight is 279 g/mol. The second-order valence-corrected chi connectivity index (χ2v) is 5.63. The highest BCUT2D eigenvalue weighted by atomic mass is 16.5. The van der Waals surface area contributed by atoms with Crippen LogP contribution in [0.5, 0.6) is 0 Å². The van der Waals surface area contributed by atoms with E-state index in [-0.39, 0.29) is 0 Å². The zero-order valence-corrected chi connectivity index (χ0v) is 12.6. The second-order valence-electron chi connectivity index (χ2n) is 5.63. The van der Waals surface area contributed by atoms with E-state index in [0.717, 1.165) is 44.2 Å². The molecule has 20 heavy (non-hydrogen) atoms. The molecule has 1 unspecified atom stereocenters. The molecule has 0 aromatic carbocycles. The third-order valence-corrected chi connectivity index (χ3v) is 3.51. The summed E-state index contributed by atoms with van der Waals surface area (Å²) in [4.78, 5) is 10.8. The summed E-state index contributed by atoms with van der Waals surface area (Å²) in [6.45, 7) is 11.0. The van der Waals surface area contributed by atoms with Gasteiger partial charge in [0.15, 0.2) is 0 Å². The minimum absolute atomic E-state index is 0.300. The minimum atomic E-state index is 0.300. The van der Waals surface area contributed by atoms with Gasteiger partial charge in [0.05, 0.1) is 13.2 Å².